The number of rotatable bonds is 5. The van der Waals surface area contributed by atoms with Crippen LogP contribution in [0.5, 0.6) is 5.75 Å². The number of hydrogen-bond donors (Lipinski definition) is 0. The van der Waals surface area contributed by atoms with Gasteiger partial charge in [0.15, 0.2) is 5.75 Å². The minimum Gasteiger partial charge on any atom is -0.545 e. The summed E-state index contributed by atoms with van der Waals surface area (Å²) >= 11 is 0. The second-order valence-electron chi connectivity index (χ2n) is 6.07. The number of aromatic carboxylic acids is 1. The molecule has 0 amide bonds. The molecule has 3 unspecified atom stereocenters. The highest BCUT2D eigenvalue weighted by molar-refractivity contribution is 5.87. The van der Waals surface area contributed by atoms with Crippen LogP contribution in [-0.2, 0) is 0 Å². The van der Waals surface area contributed by atoms with Crippen LogP contribution in [0.3, 0.4) is 0 Å². The van der Waals surface area contributed by atoms with Crippen molar-refractivity contribution in [3.05, 3.63) is 46.5 Å². The summed E-state index contributed by atoms with van der Waals surface area (Å²) in [7, 11) is 0. The Kier molecular flexibility index (Phi) is 3.39. The molecule has 0 saturated heterocycles. The highest BCUT2D eigenvalue weighted by Crippen LogP contribution is 2.53. The molecule has 0 aliphatic heterocycles. The van der Waals surface area contributed by atoms with Gasteiger partial charge in [0.25, 0.3) is 0 Å². The first-order valence-corrected chi connectivity index (χ1v) is 7.27. The number of carboxylic acids is 1. The normalized spacial score (nSPS) is 29.3. The highest BCUT2D eigenvalue weighted by Gasteiger charge is 2.51. The Morgan fingerprint density at radius 2 is 2.23 bits per heavy atom. The molecule has 0 spiro atoms. The molecule has 3 rings (SSSR count). The fraction of sp³-hybridized carbons (Fsp3) is 0.438. The summed E-state index contributed by atoms with van der Waals surface area (Å²) in [5.41, 5.74) is -1.02. The molecule has 1 aromatic carbocycles. The van der Waals surface area contributed by atoms with E-state index in [2.05, 4.69) is 6.58 Å². The first-order valence-electron chi connectivity index (χ1n) is 7.27. The number of fused-ring (bicyclic) bond motifs is 2. The maximum atomic E-state index is 11.2. The van der Waals surface area contributed by atoms with Gasteiger partial charge in [-0.3, -0.25) is 10.1 Å². The van der Waals surface area contributed by atoms with Crippen LogP contribution in [0.4, 0.5) is 5.69 Å². The zero-order valence-corrected chi connectivity index (χ0v) is 12.0. The molecule has 0 aromatic heterocycles. The molecule has 0 radical (unpaired) electrons. The zero-order valence-electron chi connectivity index (χ0n) is 12.0. The smallest absolute Gasteiger partial charge is 0.311 e. The van der Waals surface area contributed by atoms with Crippen molar-refractivity contribution in [2.75, 3.05) is 0 Å². The third-order valence-corrected chi connectivity index (χ3v) is 4.88. The van der Waals surface area contributed by atoms with Crippen molar-refractivity contribution >= 4 is 11.7 Å². The van der Waals surface area contributed by atoms with E-state index in [1.54, 1.807) is 6.08 Å². The molecule has 6 heteroatoms. The summed E-state index contributed by atoms with van der Waals surface area (Å²) in [6.45, 7) is 3.84. The second-order valence-corrected chi connectivity index (χ2v) is 6.07. The van der Waals surface area contributed by atoms with Crippen molar-refractivity contribution in [3.63, 3.8) is 0 Å². The van der Waals surface area contributed by atoms with Crippen molar-refractivity contribution < 1.29 is 19.6 Å². The van der Waals surface area contributed by atoms with Gasteiger partial charge in [0.2, 0.25) is 0 Å². The van der Waals surface area contributed by atoms with Crippen molar-refractivity contribution in [3.8, 4) is 5.75 Å². The summed E-state index contributed by atoms with van der Waals surface area (Å²) in [5.74, 6) is -0.591. The largest absolute Gasteiger partial charge is 0.545 e. The van der Waals surface area contributed by atoms with Crippen molar-refractivity contribution in [2.45, 2.75) is 31.3 Å². The fourth-order valence-electron chi connectivity index (χ4n) is 3.82. The highest BCUT2D eigenvalue weighted by atomic mass is 16.6. The average Bonchev–Trinajstić information content (AvgIpc) is 3.07. The first kappa shape index (κ1) is 14.6. The van der Waals surface area contributed by atoms with E-state index in [4.69, 9.17) is 4.74 Å². The van der Waals surface area contributed by atoms with Crippen molar-refractivity contribution in [2.24, 2.45) is 11.8 Å². The topological polar surface area (TPSA) is 92.5 Å². The van der Waals surface area contributed by atoms with E-state index < -0.39 is 16.5 Å². The second kappa shape index (κ2) is 5.12. The predicted molar refractivity (Wildman–Crippen MR) is 76.4 cm³/mol. The van der Waals surface area contributed by atoms with Gasteiger partial charge >= 0.3 is 5.69 Å². The van der Waals surface area contributed by atoms with Crippen LogP contribution in [0.25, 0.3) is 0 Å². The van der Waals surface area contributed by atoms with Crippen LogP contribution >= 0.6 is 0 Å². The Bertz CT molecular complexity index is 656. The maximum Gasteiger partial charge on any atom is 0.311 e. The Morgan fingerprint density at radius 1 is 1.45 bits per heavy atom. The third-order valence-electron chi connectivity index (χ3n) is 4.88. The Hall–Kier alpha value is -2.37. The summed E-state index contributed by atoms with van der Waals surface area (Å²) < 4.78 is 5.98. The van der Waals surface area contributed by atoms with Gasteiger partial charge in [0.1, 0.15) is 5.60 Å². The van der Waals surface area contributed by atoms with E-state index in [-0.39, 0.29) is 22.9 Å². The molecular weight excluding hydrogens is 286 g/mol. The van der Waals surface area contributed by atoms with Crippen LogP contribution in [0, 0.1) is 22.0 Å². The lowest BCUT2D eigenvalue weighted by Gasteiger charge is -2.35. The lowest BCUT2D eigenvalue weighted by Crippen LogP contribution is -2.39. The molecule has 2 aliphatic rings. The van der Waals surface area contributed by atoms with Gasteiger partial charge in [-0.2, -0.15) is 0 Å². The lowest BCUT2D eigenvalue weighted by atomic mass is 9.84. The Labute approximate surface area is 127 Å². The average molecular weight is 302 g/mol. The van der Waals surface area contributed by atoms with Crippen LogP contribution in [0.1, 0.15) is 36.0 Å². The van der Waals surface area contributed by atoms with Crippen molar-refractivity contribution in [1.29, 1.82) is 0 Å². The van der Waals surface area contributed by atoms with Gasteiger partial charge in [-0.05, 0) is 49.8 Å². The molecule has 3 atom stereocenters. The molecule has 6 nitrogen and oxygen atoms in total. The van der Waals surface area contributed by atoms with Crippen LogP contribution < -0.4 is 9.84 Å². The van der Waals surface area contributed by atoms with Crippen LogP contribution in [0.2, 0.25) is 0 Å². The number of carbonyl (C=O) groups excluding carboxylic acids is 1. The van der Waals surface area contributed by atoms with E-state index in [0.29, 0.717) is 5.92 Å². The number of hydrogen-bond acceptors (Lipinski definition) is 5. The zero-order chi connectivity index (χ0) is 15.9. The molecule has 2 saturated carbocycles. The quantitative estimate of drug-likeness (QED) is 0.471. The fourth-order valence-corrected chi connectivity index (χ4v) is 3.82. The molecule has 2 aliphatic carbocycles. The Morgan fingerprint density at radius 3 is 2.73 bits per heavy atom. The van der Waals surface area contributed by atoms with E-state index in [0.717, 1.165) is 37.8 Å². The lowest BCUT2D eigenvalue weighted by molar-refractivity contribution is -0.386. The molecule has 0 N–H and O–H groups in total. The van der Waals surface area contributed by atoms with Gasteiger partial charge in [-0.15, -0.1) is 0 Å². The van der Waals surface area contributed by atoms with Gasteiger partial charge in [-0.25, -0.2) is 0 Å². The van der Waals surface area contributed by atoms with E-state index in [1.165, 1.54) is 6.07 Å². The van der Waals surface area contributed by atoms with Crippen molar-refractivity contribution in [1.82, 2.24) is 0 Å². The first-order chi connectivity index (χ1) is 10.4. The monoisotopic (exact) mass is 302 g/mol. The maximum absolute atomic E-state index is 11.2. The molecule has 0 heterocycles. The molecule has 2 fully saturated rings. The summed E-state index contributed by atoms with van der Waals surface area (Å²) in [6, 6.07) is 3.47. The minimum atomic E-state index is -1.39. The van der Waals surface area contributed by atoms with Gasteiger partial charge in [0.05, 0.1) is 10.9 Å². The van der Waals surface area contributed by atoms with E-state index >= 15 is 0 Å². The van der Waals surface area contributed by atoms with Gasteiger partial charge in [-0.1, -0.05) is 6.58 Å². The number of carboxylic acid groups (broad SMARTS) is 1. The molecular formula is C16H16NO5-. The van der Waals surface area contributed by atoms with E-state index in [1.807, 2.05) is 0 Å². The standard InChI is InChI=1S/C16H17NO5/c1-2-16(9-10-3-5-12(16)7-10)22-14-8-11(15(18)19)4-6-13(14)17(20)21/h2,4,6,8,10,12H,1,3,5,7,9H2,(H,18,19)/p-1. The minimum absolute atomic E-state index is 0.0286. The summed E-state index contributed by atoms with van der Waals surface area (Å²) in [6.07, 6.45) is 5.66. The number of nitro groups is 1. The predicted octanol–water partition coefficient (Wildman–Crippen LogP) is 2.08. The summed E-state index contributed by atoms with van der Waals surface area (Å²) in [4.78, 5) is 21.6. The number of nitrogens with zero attached hydrogens (tertiary/aromatic N) is 1. The number of benzene rings is 1. The number of ether oxygens (including phenoxy) is 1. The van der Waals surface area contributed by atoms with E-state index in [9.17, 15) is 20.0 Å². The molecule has 22 heavy (non-hydrogen) atoms. The summed E-state index contributed by atoms with van der Waals surface area (Å²) in [5, 5.41) is 22.2. The number of carbonyl (C=O) groups is 1. The SMILES string of the molecule is C=CC1(Oc2cc(C(=O)[O-])ccc2[N+](=O)[O-])CC2CCC1C2. The Balaban J connectivity index is 1.99. The van der Waals surface area contributed by atoms with Crippen LogP contribution in [-0.4, -0.2) is 16.5 Å². The van der Waals surface area contributed by atoms with Crippen LogP contribution in [0.15, 0.2) is 30.9 Å². The third kappa shape index (κ3) is 2.24. The molecule has 1 aromatic rings. The van der Waals surface area contributed by atoms with Gasteiger partial charge < -0.3 is 14.6 Å². The molecule has 116 valence electrons. The number of nitro benzene ring substituents is 1. The molecule has 2 bridgehead atoms. The van der Waals surface area contributed by atoms with Gasteiger partial charge in [0, 0.05) is 17.5 Å².